The number of nitrogens with one attached hydrogen (secondary N) is 1. The summed E-state index contributed by atoms with van der Waals surface area (Å²) in [6.45, 7) is 0. The van der Waals surface area contributed by atoms with E-state index in [1.165, 1.54) is 0 Å². The lowest BCUT2D eigenvalue weighted by atomic mass is 10.1. The van der Waals surface area contributed by atoms with Gasteiger partial charge in [-0.15, -0.1) is 0 Å². The van der Waals surface area contributed by atoms with Crippen LogP contribution in [-0.4, -0.2) is 17.3 Å². The Morgan fingerprint density at radius 3 is 2.94 bits per heavy atom. The summed E-state index contributed by atoms with van der Waals surface area (Å²) in [4.78, 5) is 0. The number of ether oxygens (including phenoxy) is 1. The zero-order chi connectivity index (χ0) is 12.5. The topological polar surface area (TPSA) is 51.0 Å². The van der Waals surface area contributed by atoms with Crippen molar-refractivity contribution in [3.8, 4) is 17.0 Å². The number of fused-ring (bicyclic) bond motifs is 1. The Hall–Kier alpha value is -2.14. The Labute approximate surface area is 108 Å². The second kappa shape index (κ2) is 4.27. The smallest absolute Gasteiger partial charge is 0.138 e. The minimum Gasteiger partial charge on any atom is -0.497 e. The summed E-state index contributed by atoms with van der Waals surface area (Å²) in [5, 5.41) is 7.76. The van der Waals surface area contributed by atoms with Gasteiger partial charge >= 0.3 is 0 Å². The van der Waals surface area contributed by atoms with Crippen LogP contribution in [0.2, 0.25) is 0 Å². The zero-order valence-corrected chi connectivity index (χ0v) is 10.5. The number of nitrogens with zero attached hydrogens (tertiary/aromatic N) is 1. The number of H-pyrrole nitrogens is 1. The molecular weight excluding hydrogens is 248 g/mol. The average molecular weight is 258 g/mol. The van der Waals surface area contributed by atoms with Gasteiger partial charge in [-0.1, -0.05) is 12.2 Å². The van der Waals surface area contributed by atoms with Crippen molar-refractivity contribution >= 4 is 23.2 Å². The standard InChI is InChI=1S/C13H10N2O2S/c1-16-8-2-3-9-12(6-8)17-7-10(13(9)18)11-4-5-14-15-11/h2-7H,1H3,(H,14,15). The van der Waals surface area contributed by atoms with E-state index in [9.17, 15) is 0 Å². The number of benzene rings is 1. The minimum absolute atomic E-state index is 0.707. The molecule has 0 bridgehead atoms. The molecule has 0 spiro atoms. The van der Waals surface area contributed by atoms with E-state index in [2.05, 4.69) is 10.2 Å². The Balaban J connectivity index is 2.27. The molecule has 0 aliphatic rings. The van der Waals surface area contributed by atoms with E-state index in [-0.39, 0.29) is 0 Å². The van der Waals surface area contributed by atoms with Gasteiger partial charge in [-0.3, -0.25) is 5.10 Å². The molecular formula is C13H10N2O2S. The van der Waals surface area contributed by atoms with Crippen molar-refractivity contribution in [3.63, 3.8) is 0 Å². The zero-order valence-electron chi connectivity index (χ0n) is 9.64. The third kappa shape index (κ3) is 1.69. The molecule has 3 rings (SSSR count). The third-order valence-corrected chi connectivity index (χ3v) is 3.20. The first-order valence-electron chi connectivity index (χ1n) is 5.39. The highest BCUT2D eigenvalue weighted by Gasteiger charge is 2.08. The van der Waals surface area contributed by atoms with Crippen molar-refractivity contribution in [2.24, 2.45) is 0 Å². The van der Waals surface area contributed by atoms with Gasteiger partial charge in [0.1, 0.15) is 17.6 Å². The predicted molar refractivity (Wildman–Crippen MR) is 71.2 cm³/mol. The van der Waals surface area contributed by atoms with Crippen LogP contribution in [0.15, 0.2) is 41.1 Å². The first-order valence-corrected chi connectivity index (χ1v) is 5.80. The van der Waals surface area contributed by atoms with Crippen LogP contribution >= 0.6 is 12.2 Å². The van der Waals surface area contributed by atoms with Gasteiger partial charge in [0.2, 0.25) is 0 Å². The Bertz CT molecular complexity index is 747. The molecule has 0 saturated carbocycles. The van der Waals surface area contributed by atoms with E-state index in [0.717, 1.165) is 26.9 Å². The summed E-state index contributed by atoms with van der Waals surface area (Å²) in [7, 11) is 1.62. The lowest BCUT2D eigenvalue weighted by Crippen LogP contribution is -1.85. The first-order chi connectivity index (χ1) is 8.79. The molecule has 0 atom stereocenters. The maximum Gasteiger partial charge on any atom is 0.138 e. The molecule has 90 valence electrons. The van der Waals surface area contributed by atoms with Crippen LogP contribution in [0.5, 0.6) is 5.75 Å². The van der Waals surface area contributed by atoms with Gasteiger partial charge in [-0.25, -0.2) is 0 Å². The molecule has 2 heterocycles. The number of rotatable bonds is 2. The van der Waals surface area contributed by atoms with Crippen LogP contribution < -0.4 is 4.74 Å². The second-order valence-electron chi connectivity index (χ2n) is 3.80. The average Bonchev–Trinajstić information content (AvgIpc) is 2.92. The van der Waals surface area contributed by atoms with Crippen LogP contribution in [0, 0.1) is 4.51 Å². The first kappa shape index (κ1) is 11.0. The number of hydrogen-bond donors (Lipinski definition) is 1. The SMILES string of the molecule is COc1ccc2c(=S)c(-c3cc[nH]n3)coc2c1. The van der Waals surface area contributed by atoms with Gasteiger partial charge in [0.25, 0.3) is 0 Å². The fraction of sp³-hybridized carbons (Fsp3) is 0.0769. The van der Waals surface area contributed by atoms with Crippen molar-refractivity contribution in [3.05, 3.63) is 41.2 Å². The summed E-state index contributed by atoms with van der Waals surface area (Å²) < 4.78 is 11.5. The van der Waals surface area contributed by atoms with E-state index in [1.807, 2.05) is 24.3 Å². The Kier molecular flexibility index (Phi) is 2.60. The molecule has 0 aliphatic heterocycles. The predicted octanol–water partition coefficient (Wildman–Crippen LogP) is 3.56. The van der Waals surface area contributed by atoms with Crippen molar-refractivity contribution < 1.29 is 9.15 Å². The van der Waals surface area contributed by atoms with E-state index in [0.29, 0.717) is 5.58 Å². The fourth-order valence-corrected chi connectivity index (χ4v) is 2.14. The van der Waals surface area contributed by atoms with Crippen LogP contribution in [0.1, 0.15) is 0 Å². The molecule has 1 aromatic carbocycles. The number of methoxy groups -OCH3 is 1. The number of hydrogen-bond acceptors (Lipinski definition) is 4. The molecule has 0 aliphatic carbocycles. The van der Waals surface area contributed by atoms with Crippen LogP contribution in [-0.2, 0) is 0 Å². The van der Waals surface area contributed by atoms with Gasteiger partial charge in [0.15, 0.2) is 0 Å². The summed E-state index contributed by atoms with van der Waals surface area (Å²) in [5.41, 5.74) is 2.30. The summed E-state index contributed by atoms with van der Waals surface area (Å²) in [6, 6.07) is 7.44. The van der Waals surface area contributed by atoms with E-state index in [1.54, 1.807) is 19.6 Å². The van der Waals surface area contributed by atoms with Crippen LogP contribution in [0.3, 0.4) is 0 Å². The quantitative estimate of drug-likeness (QED) is 0.714. The molecule has 0 radical (unpaired) electrons. The van der Waals surface area contributed by atoms with E-state index >= 15 is 0 Å². The Morgan fingerprint density at radius 2 is 2.22 bits per heavy atom. The molecule has 0 unspecified atom stereocenters. The van der Waals surface area contributed by atoms with Crippen molar-refractivity contribution in [1.29, 1.82) is 0 Å². The maximum absolute atomic E-state index is 5.59. The van der Waals surface area contributed by atoms with E-state index in [4.69, 9.17) is 21.4 Å². The molecule has 5 heteroatoms. The summed E-state index contributed by atoms with van der Waals surface area (Å²) >= 11 is 5.47. The molecule has 1 N–H and O–H groups in total. The third-order valence-electron chi connectivity index (χ3n) is 2.76. The molecule has 0 fully saturated rings. The summed E-state index contributed by atoms with van der Waals surface area (Å²) in [6.07, 6.45) is 3.38. The normalized spacial score (nSPS) is 10.7. The highest BCUT2D eigenvalue weighted by Crippen LogP contribution is 2.27. The lowest BCUT2D eigenvalue weighted by molar-refractivity contribution is 0.414. The highest BCUT2D eigenvalue weighted by molar-refractivity contribution is 7.71. The monoisotopic (exact) mass is 258 g/mol. The highest BCUT2D eigenvalue weighted by atomic mass is 32.1. The van der Waals surface area contributed by atoms with Gasteiger partial charge in [-0.05, 0) is 18.2 Å². The maximum atomic E-state index is 5.59. The molecule has 0 saturated heterocycles. The van der Waals surface area contributed by atoms with Crippen molar-refractivity contribution in [2.75, 3.05) is 7.11 Å². The second-order valence-corrected chi connectivity index (χ2v) is 4.21. The van der Waals surface area contributed by atoms with Gasteiger partial charge < -0.3 is 9.15 Å². The van der Waals surface area contributed by atoms with Crippen molar-refractivity contribution in [2.45, 2.75) is 0 Å². The van der Waals surface area contributed by atoms with Crippen LogP contribution in [0.4, 0.5) is 0 Å². The van der Waals surface area contributed by atoms with Gasteiger partial charge in [-0.2, -0.15) is 5.10 Å². The molecule has 4 nitrogen and oxygen atoms in total. The van der Waals surface area contributed by atoms with Crippen LogP contribution in [0.25, 0.3) is 22.2 Å². The molecule has 2 aromatic heterocycles. The Morgan fingerprint density at radius 1 is 1.33 bits per heavy atom. The number of aromatic nitrogens is 2. The van der Waals surface area contributed by atoms with Gasteiger partial charge in [0.05, 0.1) is 22.9 Å². The summed E-state index contributed by atoms with van der Waals surface area (Å²) in [5.74, 6) is 0.744. The lowest BCUT2D eigenvalue weighted by Gasteiger charge is -2.04. The molecule has 18 heavy (non-hydrogen) atoms. The molecule has 3 aromatic rings. The minimum atomic E-state index is 0.707. The van der Waals surface area contributed by atoms with E-state index < -0.39 is 0 Å². The largest absolute Gasteiger partial charge is 0.497 e. The molecule has 0 amide bonds. The van der Waals surface area contributed by atoms with Crippen molar-refractivity contribution in [1.82, 2.24) is 10.2 Å². The number of aromatic amines is 1. The van der Waals surface area contributed by atoms with Gasteiger partial charge in [0, 0.05) is 17.6 Å². The fourth-order valence-electron chi connectivity index (χ4n) is 1.82.